The molecule has 8 heavy (non-hydrogen) atoms. The predicted molar refractivity (Wildman–Crippen MR) is 21.3 cm³/mol. The Hall–Kier alpha value is -0.220. The van der Waals surface area contributed by atoms with Crippen LogP contribution in [0.15, 0.2) is 0 Å². The number of aliphatic hydroxyl groups is 2. The molecule has 0 heterocycles. The summed E-state index contributed by atoms with van der Waals surface area (Å²) in [5.74, 6) is -4.94. The fourth-order valence-corrected chi connectivity index (χ4v) is 0.777. The average molecular weight is 124 g/mol. The van der Waals surface area contributed by atoms with Crippen molar-refractivity contribution in [1.82, 2.24) is 0 Å². The van der Waals surface area contributed by atoms with Crippen LogP contribution >= 0.6 is 0 Å². The molecule has 0 saturated heterocycles. The van der Waals surface area contributed by atoms with Crippen molar-refractivity contribution in [2.75, 3.05) is 0 Å². The zero-order valence-electron chi connectivity index (χ0n) is 4.06. The third-order valence-corrected chi connectivity index (χ3v) is 1.08. The molecule has 0 unspecified atom stereocenters. The molecule has 0 aromatic carbocycles. The first-order valence-corrected chi connectivity index (χ1v) is 2.24. The van der Waals surface area contributed by atoms with Crippen LogP contribution in [0.25, 0.3) is 0 Å². The van der Waals surface area contributed by atoms with Crippen LogP contribution < -0.4 is 0 Å². The van der Waals surface area contributed by atoms with Crippen LogP contribution in [0, 0.1) is 0 Å². The third-order valence-electron chi connectivity index (χ3n) is 1.08. The van der Waals surface area contributed by atoms with E-state index in [0.29, 0.717) is 0 Å². The van der Waals surface area contributed by atoms with Gasteiger partial charge in [0.05, 0.1) is 12.8 Å². The summed E-state index contributed by atoms with van der Waals surface area (Å²) in [7, 11) is 0. The highest BCUT2D eigenvalue weighted by Crippen LogP contribution is 2.43. The van der Waals surface area contributed by atoms with E-state index in [0.717, 1.165) is 0 Å². The SMILES string of the molecule is OC1(O)CC(F)(F)C1. The van der Waals surface area contributed by atoms with Crippen molar-refractivity contribution in [3.8, 4) is 0 Å². The molecule has 0 aromatic heterocycles. The molecule has 4 heteroatoms. The molecule has 0 bridgehead atoms. The minimum absolute atomic E-state index is 0.819. The van der Waals surface area contributed by atoms with Crippen molar-refractivity contribution < 1.29 is 19.0 Å². The van der Waals surface area contributed by atoms with Crippen LogP contribution in [0.5, 0.6) is 0 Å². The number of rotatable bonds is 0. The van der Waals surface area contributed by atoms with Crippen LogP contribution in [0.2, 0.25) is 0 Å². The number of hydrogen-bond donors (Lipinski definition) is 2. The first-order valence-electron chi connectivity index (χ1n) is 2.24. The summed E-state index contributed by atoms with van der Waals surface area (Å²) in [6.45, 7) is 0. The summed E-state index contributed by atoms with van der Waals surface area (Å²) >= 11 is 0. The van der Waals surface area contributed by atoms with E-state index in [1.165, 1.54) is 0 Å². The van der Waals surface area contributed by atoms with Gasteiger partial charge in [0.25, 0.3) is 5.92 Å². The lowest BCUT2D eigenvalue weighted by Crippen LogP contribution is -2.51. The van der Waals surface area contributed by atoms with E-state index >= 15 is 0 Å². The zero-order valence-corrected chi connectivity index (χ0v) is 4.06. The zero-order chi connectivity index (χ0) is 6.41. The highest BCUT2D eigenvalue weighted by molar-refractivity contribution is 4.91. The van der Waals surface area contributed by atoms with E-state index in [1.54, 1.807) is 0 Å². The Morgan fingerprint density at radius 2 is 1.50 bits per heavy atom. The summed E-state index contributed by atoms with van der Waals surface area (Å²) in [5.41, 5.74) is 0. The molecular formula is C4H6F2O2. The van der Waals surface area contributed by atoms with E-state index in [2.05, 4.69) is 0 Å². The van der Waals surface area contributed by atoms with Gasteiger partial charge < -0.3 is 10.2 Å². The molecule has 1 saturated carbocycles. The van der Waals surface area contributed by atoms with Gasteiger partial charge in [-0.25, -0.2) is 8.78 Å². The second-order valence-electron chi connectivity index (χ2n) is 2.19. The van der Waals surface area contributed by atoms with Crippen LogP contribution in [0.1, 0.15) is 12.8 Å². The summed E-state index contributed by atoms with van der Waals surface area (Å²) in [6, 6.07) is 0. The van der Waals surface area contributed by atoms with Crippen LogP contribution in [-0.4, -0.2) is 21.9 Å². The standard InChI is InChI=1S/C4H6F2O2/c5-3(6)1-4(7,8)2-3/h7-8H,1-2H2. The number of alkyl halides is 2. The Bertz CT molecular complexity index is 88.6. The lowest BCUT2D eigenvalue weighted by molar-refractivity contribution is -0.304. The lowest BCUT2D eigenvalue weighted by Gasteiger charge is -2.38. The maximum absolute atomic E-state index is 11.7. The van der Waals surface area contributed by atoms with Gasteiger partial charge >= 0.3 is 0 Å². The highest BCUT2D eigenvalue weighted by Gasteiger charge is 2.54. The molecule has 0 radical (unpaired) electrons. The van der Waals surface area contributed by atoms with E-state index in [9.17, 15) is 8.78 Å². The van der Waals surface area contributed by atoms with Gasteiger partial charge in [-0.1, -0.05) is 0 Å². The fraction of sp³-hybridized carbons (Fsp3) is 1.00. The van der Waals surface area contributed by atoms with Gasteiger partial charge in [0.2, 0.25) is 0 Å². The van der Waals surface area contributed by atoms with Gasteiger partial charge in [0.15, 0.2) is 5.79 Å². The normalized spacial score (nSPS) is 31.5. The fourth-order valence-electron chi connectivity index (χ4n) is 0.777. The minimum atomic E-state index is -2.84. The lowest BCUT2D eigenvalue weighted by atomic mass is 9.87. The largest absolute Gasteiger partial charge is 0.365 e. The Morgan fingerprint density at radius 1 is 1.12 bits per heavy atom. The van der Waals surface area contributed by atoms with Gasteiger partial charge in [0.1, 0.15) is 0 Å². The van der Waals surface area contributed by atoms with E-state index in [1.807, 2.05) is 0 Å². The molecule has 0 amide bonds. The maximum atomic E-state index is 11.7. The average Bonchev–Trinajstić information content (AvgIpc) is 1.20. The molecule has 2 nitrogen and oxygen atoms in total. The van der Waals surface area contributed by atoms with Crippen molar-refractivity contribution >= 4 is 0 Å². The van der Waals surface area contributed by atoms with Crippen molar-refractivity contribution in [1.29, 1.82) is 0 Å². The molecule has 1 aliphatic rings. The summed E-state index contributed by atoms with van der Waals surface area (Å²) in [4.78, 5) is 0. The Balaban J connectivity index is 2.42. The van der Waals surface area contributed by atoms with Crippen LogP contribution in [0.4, 0.5) is 8.78 Å². The van der Waals surface area contributed by atoms with Crippen molar-refractivity contribution in [2.45, 2.75) is 24.6 Å². The van der Waals surface area contributed by atoms with Crippen molar-refractivity contribution in [3.05, 3.63) is 0 Å². The molecule has 0 aromatic rings. The number of hydrogen-bond acceptors (Lipinski definition) is 2. The summed E-state index contributed by atoms with van der Waals surface area (Å²) in [5, 5.41) is 16.6. The Labute approximate surface area is 44.7 Å². The van der Waals surface area contributed by atoms with E-state index < -0.39 is 24.6 Å². The molecule has 0 atom stereocenters. The Morgan fingerprint density at radius 3 is 1.50 bits per heavy atom. The predicted octanol–water partition coefficient (Wildman–Crippen LogP) is 0.0964. The van der Waals surface area contributed by atoms with E-state index in [4.69, 9.17) is 10.2 Å². The topological polar surface area (TPSA) is 40.5 Å². The van der Waals surface area contributed by atoms with Crippen LogP contribution in [-0.2, 0) is 0 Å². The van der Waals surface area contributed by atoms with Crippen molar-refractivity contribution in [2.24, 2.45) is 0 Å². The molecule has 0 spiro atoms. The molecule has 1 rings (SSSR count). The minimum Gasteiger partial charge on any atom is -0.365 e. The Kier molecular flexibility index (Phi) is 0.881. The molecule has 48 valence electrons. The first kappa shape index (κ1) is 5.91. The summed E-state index contributed by atoms with van der Waals surface area (Å²) < 4.78 is 23.4. The summed E-state index contributed by atoms with van der Waals surface area (Å²) in [6.07, 6.45) is -1.64. The van der Waals surface area contributed by atoms with Crippen LogP contribution in [0.3, 0.4) is 0 Å². The molecule has 2 N–H and O–H groups in total. The van der Waals surface area contributed by atoms with Gasteiger partial charge in [0, 0.05) is 0 Å². The quantitative estimate of drug-likeness (QED) is 0.449. The van der Waals surface area contributed by atoms with Gasteiger partial charge in [-0.15, -0.1) is 0 Å². The molecule has 0 aliphatic heterocycles. The smallest absolute Gasteiger partial charge is 0.258 e. The van der Waals surface area contributed by atoms with Gasteiger partial charge in [-0.3, -0.25) is 0 Å². The monoisotopic (exact) mass is 124 g/mol. The molecule has 1 aliphatic carbocycles. The highest BCUT2D eigenvalue weighted by atomic mass is 19.3. The number of halogens is 2. The van der Waals surface area contributed by atoms with Gasteiger partial charge in [-0.05, 0) is 0 Å². The maximum Gasteiger partial charge on any atom is 0.258 e. The third kappa shape index (κ3) is 0.952. The molecular weight excluding hydrogens is 118 g/mol. The van der Waals surface area contributed by atoms with E-state index in [-0.39, 0.29) is 0 Å². The second-order valence-corrected chi connectivity index (χ2v) is 2.19. The first-order chi connectivity index (χ1) is 3.41. The van der Waals surface area contributed by atoms with Crippen molar-refractivity contribution in [3.63, 3.8) is 0 Å². The molecule has 1 fully saturated rings. The van der Waals surface area contributed by atoms with Gasteiger partial charge in [-0.2, -0.15) is 0 Å². The second kappa shape index (κ2) is 1.19.